The first-order valence-electron chi connectivity index (χ1n) is 37.8. The Balaban J connectivity index is 6.47. The smallest absolute Gasteiger partial charge is 0.305 e. The molecule has 91 heavy (non-hydrogen) atoms. The largest absolute Gasteiger partial charge is 0.463 e. The molecule has 4 atom stereocenters. The maximum atomic E-state index is 14.6. The van der Waals surface area contributed by atoms with E-state index in [2.05, 4.69) is 42.0 Å². The SMILES string of the molecule is CCCCCCCCCCCCCCCC(=O)OCC(COC(=O)CCCCCCCCCCCCCCC)(COC(=O)CCCCCCCCCCCCCCC)NC(=O)[C@H](C)NC(=O)[C@H](CCCCN)NC(=O)[C@H](CCCCN)NC(=O)[C@@H](N)CCCCN. The highest BCUT2D eigenvalue weighted by Gasteiger charge is 2.39. The average molecular weight is 1290 g/mol. The van der Waals surface area contributed by atoms with Crippen molar-refractivity contribution < 1.29 is 47.8 Å². The minimum absolute atomic E-state index is 0.141. The van der Waals surface area contributed by atoms with E-state index < -0.39 is 91.1 Å². The van der Waals surface area contributed by atoms with Crippen LogP contribution in [0, 0.1) is 0 Å². The van der Waals surface area contributed by atoms with Crippen molar-refractivity contribution in [3.05, 3.63) is 0 Å². The third-order valence-corrected chi connectivity index (χ3v) is 17.6. The van der Waals surface area contributed by atoms with Crippen LogP contribution in [0.2, 0.25) is 0 Å². The molecule has 0 rings (SSSR count). The normalized spacial score (nSPS) is 12.8. The van der Waals surface area contributed by atoms with Crippen molar-refractivity contribution in [1.29, 1.82) is 0 Å². The van der Waals surface area contributed by atoms with Gasteiger partial charge in [0.25, 0.3) is 0 Å². The molecular formula is C73H142N8O10. The van der Waals surface area contributed by atoms with Gasteiger partial charge in [0.2, 0.25) is 23.6 Å². The molecule has 0 aromatic carbocycles. The Morgan fingerprint density at radius 2 is 0.571 bits per heavy atom. The third kappa shape index (κ3) is 53.1. The Morgan fingerprint density at radius 1 is 0.319 bits per heavy atom. The van der Waals surface area contributed by atoms with E-state index in [4.69, 9.17) is 37.1 Å². The Labute approximate surface area is 555 Å². The van der Waals surface area contributed by atoms with Crippen molar-refractivity contribution in [3.63, 3.8) is 0 Å². The summed E-state index contributed by atoms with van der Waals surface area (Å²) in [4.78, 5) is 96.9. The average Bonchev–Trinajstić information content (AvgIpc) is 2.09. The summed E-state index contributed by atoms with van der Waals surface area (Å²) in [6.07, 6.45) is 49.8. The molecule has 0 saturated carbocycles. The first kappa shape index (κ1) is 87.1. The quantitative estimate of drug-likeness (QED) is 0.0160. The zero-order chi connectivity index (χ0) is 67.1. The van der Waals surface area contributed by atoms with Crippen LogP contribution < -0.4 is 44.2 Å². The van der Waals surface area contributed by atoms with Crippen molar-refractivity contribution in [2.24, 2.45) is 22.9 Å². The molecule has 534 valence electrons. The highest BCUT2D eigenvalue weighted by Crippen LogP contribution is 2.19. The molecule has 12 N–H and O–H groups in total. The van der Waals surface area contributed by atoms with Crippen molar-refractivity contribution in [3.8, 4) is 0 Å². The van der Waals surface area contributed by atoms with Gasteiger partial charge in [-0.2, -0.15) is 0 Å². The van der Waals surface area contributed by atoms with Gasteiger partial charge in [-0.1, -0.05) is 258 Å². The second kappa shape index (κ2) is 63.5. The Morgan fingerprint density at radius 3 is 0.857 bits per heavy atom. The molecule has 0 aliphatic rings. The van der Waals surface area contributed by atoms with E-state index in [9.17, 15) is 33.6 Å². The molecule has 0 fully saturated rings. The summed E-state index contributed by atoms with van der Waals surface area (Å²) in [5.74, 6) is -3.98. The predicted octanol–water partition coefficient (Wildman–Crippen LogP) is 14.1. The van der Waals surface area contributed by atoms with Crippen molar-refractivity contribution >= 4 is 41.5 Å². The molecule has 0 unspecified atom stereocenters. The van der Waals surface area contributed by atoms with Gasteiger partial charge in [0, 0.05) is 19.3 Å². The molecule has 4 amide bonds. The summed E-state index contributed by atoms with van der Waals surface area (Å²) in [6, 6.07) is -4.26. The van der Waals surface area contributed by atoms with Gasteiger partial charge in [-0.15, -0.1) is 0 Å². The fourth-order valence-electron chi connectivity index (χ4n) is 11.4. The van der Waals surface area contributed by atoms with Crippen molar-refractivity contribution in [2.45, 2.75) is 385 Å². The van der Waals surface area contributed by atoms with Crippen LogP contribution in [0.5, 0.6) is 0 Å². The number of amides is 4. The monoisotopic (exact) mass is 1290 g/mol. The minimum atomic E-state index is -1.73. The standard InChI is InChI=1S/C73H142N8O10/c1-5-8-11-14-17-20-23-26-29-32-35-38-41-53-66(82)89-59-73(60-90-67(83)54-42-39-36-33-30-27-24-21-18-15-12-9-6-2,61-91-68(84)55-43-40-37-34-31-28-25-22-19-16-13-10-7-3)81-69(85)62(4)78-71(87)64(51-45-48-57-75)80-72(88)65(52-46-49-58-76)79-70(86)63(77)50-44-47-56-74/h62-65H,5-61,74-77H2,1-4H3,(H,78,87)(H,79,86)(H,80,88)(H,81,85)/t62-,63-,64-,65-/m0/s1. The number of nitrogens with one attached hydrogen (secondary N) is 4. The lowest BCUT2D eigenvalue weighted by Gasteiger charge is -2.34. The van der Waals surface area contributed by atoms with Crippen LogP contribution in [0.4, 0.5) is 0 Å². The summed E-state index contributed by atoms with van der Waals surface area (Å²) >= 11 is 0. The number of hydrogen-bond acceptors (Lipinski definition) is 14. The molecule has 0 aliphatic heterocycles. The first-order valence-corrected chi connectivity index (χ1v) is 37.8. The van der Waals surface area contributed by atoms with Gasteiger partial charge in [0.1, 0.15) is 43.5 Å². The molecule has 0 spiro atoms. The number of nitrogens with two attached hydrogens (primary N) is 4. The Bertz CT molecular complexity index is 1670. The van der Waals surface area contributed by atoms with Crippen LogP contribution in [0.1, 0.15) is 355 Å². The lowest BCUT2D eigenvalue weighted by Crippen LogP contribution is -2.63. The summed E-state index contributed by atoms with van der Waals surface area (Å²) < 4.78 is 17.8. The van der Waals surface area contributed by atoms with E-state index in [0.717, 1.165) is 57.8 Å². The fraction of sp³-hybridized carbons (Fsp3) is 0.904. The van der Waals surface area contributed by atoms with Gasteiger partial charge < -0.3 is 58.4 Å². The van der Waals surface area contributed by atoms with E-state index in [1.165, 1.54) is 180 Å². The zero-order valence-electron chi connectivity index (χ0n) is 59.0. The van der Waals surface area contributed by atoms with E-state index >= 15 is 0 Å². The van der Waals surface area contributed by atoms with E-state index in [0.29, 0.717) is 83.8 Å². The highest BCUT2D eigenvalue weighted by atomic mass is 16.6. The van der Waals surface area contributed by atoms with Crippen LogP contribution in [-0.4, -0.2) is 111 Å². The number of unbranched alkanes of at least 4 members (excludes halogenated alkanes) is 39. The van der Waals surface area contributed by atoms with Gasteiger partial charge in [-0.3, -0.25) is 33.6 Å². The van der Waals surface area contributed by atoms with Crippen LogP contribution in [0.15, 0.2) is 0 Å². The summed E-state index contributed by atoms with van der Waals surface area (Å²) in [5, 5.41) is 11.3. The van der Waals surface area contributed by atoms with Gasteiger partial charge in [-0.05, 0) is 97.2 Å². The molecule has 0 aromatic rings. The lowest BCUT2D eigenvalue weighted by molar-refractivity contribution is -0.159. The second-order valence-corrected chi connectivity index (χ2v) is 26.5. The third-order valence-electron chi connectivity index (χ3n) is 17.6. The van der Waals surface area contributed by atoms with E-state index in [1.54, 1.807) is 0 Å². The number of carbonyl (C=O) groups excluding carboxylic acids is 7. The molecule has 18 nitrogen and oxygen atoms in total. The van der Waals surface area contributed by atoms with Gasteiger partial charge in [0.15, 0.2) is 0 Å². The molecule has 0 saturated heterocycles. The van der Waals surface area contributed by atoms with E-state index in [1.807, 2.05) is 0 Å². The first-order chi connectivity index (χ1) is 44.2. The summed E-state index contributed by atoms with van der Waals surface area (Å²) in [5.41, 5.74) is 21.8. The summed E-state index contributed by atoms with van der Waals surface area (Å²) in [6.45, 7) is 7.98. The van der Waals surface area contributed by atoms with Crippen LogP contribution in [0.25, 0.3) is 0 Å². The summed E-state index contributed by atoms with van der Waals surface area (Å²) in [7, 11) is 0. The molecule has 0 aromatic heterocycles. The number of ether oxygens (including phenoxy) is 3. The minimum Gasteiger partial charge on any atom is -0.463 e. The van der Waals surface area contributed by atoms with Gasteiger partial charge in [-0.25, -0.2) is 0 Å². The number of rotatable bonds is 68. The lowest BCUT2D eigenvalue weighted by atomic mass is 10.0. The maximum Gasteiger partial charge on any atom is 0.305 e. The Hall–Kier alpha value is -3.87. The predicted molar refractivity (Wildman–Crippen MR) is 373 cm³/mol. The Kier molecular flexibility index (Phi) is 60.8. The zero-order valence-corrected chi connectivity index (χ0v) is 59.0. The molecule has 0 heterocycles. The number of carbonyl (C=O) groups is 7. The molecule has 18 heteroatoms. The van der Waals surface area contributed by atoms with Crippen LogP contribution in [0.3, 0.4) is 0 Å². The highest BCUT2D eigenvalue weighted by molar-refractivity contribution is 5.94. The van der Waals surface area contributed by atoms with Crippen molar-refractivity contribution in [2.75, 3.05) is 39.5 Å². The molecule has 0 bridgehead atoms. The fourth-order valence-corrected chi connectivity index (χ4v) is 11.4. The molecule has 0 radical (unpaired) electrons. The van der Waals surface area contributed by atoms with Crippen molar-refractivity contribution in [1.82, 2.24) is 21.3 Å². The number of hydrogen-bond donors (Lipinski definition) is 8. The second-order valence-electron chi connectivity index (χ2n) is 26.5. The topological polar surface area (TPSA) is 299 Å². The van der Waals surface area contributed by atoms with E-state index in [-0.39, 0.29) is 32.1 Å². The number of esters is 3. The molecular weight excluding hydrogens is 1150 g/mol. The van der Waals surface area contributed by atoms with Crippen LogP contribution >= 0.6 is 0 Å². The van der Waals surface area contributed by atoms with Gasteiger partial charge in [0.05, 0.1) is 6.04 Å². The maximum absolute atomic E-state index is 14.6. The molecule has 0 aliphatic carbocycles. The van der Waals surface area contributed by atoms with Crippen LogP contribution in [-0.2, 0) is 47.8 Å². The van der Waals surface area contributed by atoms with Gasteiger partial charge >= 0.3 is 17.9 Å².